The van der Waals surface area contributed by atoms with Gasteiger partial charge in [-0.2, -0.15) is 0 Å². The van der Waals surface area contributed by atoms with E-state index in [0.717, 1.165) is 10.2 Å². The Morgan fingerprint density at radius 2 is 1.65 bits per heavy atom. The molecule has 0 saturated carbocycles. The van der Waals surface area contributed by atoms with Gasteiger partial charge in [0.1, 0.15) is 5.75 Å². The van der Waals surface area contributed by atoms with E-state index < -0.39 is 4.92 Å². The fourth-order valence-electron chi connectivity index (χ4n) is 2.77. The minimum absolute atomic E-state index is 0.0131. The molecule has 1 fully saturated rings. The van der Waals surface area contributed by atoms with Gasteiger partial charge in [-0.25, -0.2) is 0 Å². The summed E-state index contributed by atoms with van der Waals surface area (Å²) < 4.78 is 6.49. The van der Waals surface area contributed by atoms with Crippen LogP contribution < -0.4 is 9.64 Å². The second-order valence-corrected chi connectivity index (χ2v) is 6.80. The normalized spacial score (nSPS) is 14.2. The number of anilines is 1. The van der Waals surface area contributed by atoms with Crippen molar-refractivity contribution in [2.45, 2.75) is 0 Å². The number of non-ortho nitro benzene ring substituents is 1. The van der Waals surface area contributed by atoms with Crippen LogP contribution in [-0.2, 0) is 4.79 Å². The van der Waals surface area contributed by atoms with Crippen molar-refractivity contribution in [3.8, 4) is 5.75 Å². The smallest absolute Gasteiger partial charge is 0.269 e. The molecule has 0 N–H and O–H groups in total. The standard InChI is InChI=1S/C18H18BrN3O4/c19-14-1-7-17(8-2-14)26-13-18(23)21-11-9-20(10-12-21)15-3-5-16(6-4-15)22(24)25/h1-8H,9-13H2. The molecule has 26 heavy (non-hydrogen) atoms. The molecule has 136 valence electrons. The van der Waals surface area contributed by atoms with Gasteiger partial charge >= 0.3 is 0 Å². The second kappa shape index (κ2) is 8.18. The molecule has 8 heteroatoms. The number of nitrogens with zero attached hydrogens (tertiary/aromatic N) is 3. The lowest BCUT2D eigenvalue weighted by atomic mass is 10.2. The molecule has 2 aromatic carbocycles. The first kappa shape index (κ1) is 18.2. The highest BCUT2D eigenvalue weighted by atomic mass is 79.9. The van der Waals surface area contributed by atoms with Gasteiger partial charge in [0.25, 0.3) is 11.6 Å². The summed E-state index contributed by atoms with van der Waals surface area (Å²) in [5.41, 5.74) is 1.00. The predicted octanol–water partition coefficient (Wildman–Crippen LogP) is 3.08. The van der Waals surface area contributed by atoms with Crippen LogP contribution in [-0.4, -0.2) is 48.5 Å². The van der Waals surface area contributed by atoms with Crippen molar-refractivity contribution in [2.75, 3.05) is 37.7 Å². The number of halogens is 1. The average molecular weight is 420 g/mol. The topological polar surface area (TPSA) is 75.9 Å². The molecule has 3 rings (SSSR count). The average Bonchev–Trinajstić information content (AvgIpc) is 2.67. The lowest BCUT2D eigenvalue weighted by molar-refractivity contribution is -0.384. The number of piperazine rings is 1. The molecule has 2 aromatic rings. The maximum absolute atomic E-state index is 12.3. The summed E-state index contributed by atoms with van der Waals surface area (Å²) in [6.45, 7) is 2.57. The number of rotatable bonds is 5. The maximum atomic E-state index is 12.3. The highest BCUT2D eigenvalue weighted by molar-refractivity contribution is 9.10. The molecule has 1 amide bonds. The molecule has 0 aliphatic carbocycles. The van der Waals surface area contributed by atoms with Crippen molar-refractivity contribution in [1.29, 1.82) is 0 Å². The Bertz CT molecular complexity index is 772. The Balaban J connectivity index is 1.48. The van der Waals surface area contributed by atoms with E-state index in [1.807, 2.05) is 24.3 Å². The minimum atomic E-state index is -0.411. The highest BCUT2D eigenvalue weighted by Gasteiger charge is 2.22. The van der Waals surface area contributed by atoms with Crippen LogP contribution in [0.15, 0.2) is 53.0 Å². The van der Waals surface area contributed by atoms with Gasteiger partial charge in [0, 0.05) is 48.5 Å². The van der Waals surface area contributed by atoms with Crippen LogP contribution >= 0.6 is 15.9 Å². The molecule has 1 heterocycles. The number of benzene rings is 2. The third-order valence-corrected chi connectivity index (χ3v) is 4.76. The van der Waals surface area contributed by atoms with E-state index in [9.17, 15) is 14.9 Å². The third kappa shape index (κ3) is 4.51. The minimum Gasteiger partial charge on any atom is -0.484 e. The number of nitro groups is 1. The number of carbonyl (C=O) groups excluding carboxylic acids is 1. The van der Waals surface area contributed by atoms with Gasteiger partial charge in [-0.1, -0.05) is 15.9 Å². The fraction of sp³-hybridized carbons (Fsp3) is 0.278. The van der Waals surface area contributed by atoms with E-state index in [1.165, 1.54) is 12.1 Å². The van der Waals surface area contributed by atoms with E-state index in [2.05, 4.69) is 20.8 Å². The largest absolute Gasteiger partial charge is 0.484 e. The van der Waals surface area contributed by atoms with Crippen LogP contribution in [0.3, 0.4) is 0 Å². The molecular formula is C18H18BrN3O4. The van der Waals surface area contributed by atoms with Gasteiger partial charge in [-0.3, -0.25) is 14.9 Å². The number of hydrogen-bond donors (Lipinski definition) is 0. The van der Waals surface area contributed by atoms with Gasteiger partial charge < -0.3 is 14.5 Å². The Hall–Kier alpha value is -2.61. The Labute approximate surface area is 159 Å². The van der Waals surface area contributed by atoms with Crippen LogP contribution in [0, 0.1) is 10.1 Å². The fourth-order valence-corrected chi connectivity index (χ4v) is 3.03. The molecule has 7 nitrogen and oxygen atoms in total. The first-order chi connectivity index (χ1) is 12.5. The van der Waals surface area contributed by atoms with Gasteiger partial charge in [0.05, 0.1) is 4.92 Å². The van der Waals surface area contributed by atoms with E-state index in [1.54, 1.807) is 17.0 Å². The number of hydrogen-bond acceptors (Lipinski definition) is 5. The van der Waals surface area contributed by atoms with Crippen molar-refractivity contribution >= 4 is 33.2 Å². The van der Waals surface area contributed by atoms with E-state index in [0.29, 0.717) is 31.9 Å². The lowest BCUT2D eigenvalue weighted by Crippen LogP contribution is -2.50. The molecule has 0 aromatic heterocycles. The van der Waals surface area contributed by atoms with Crippen LogP contribution in [0.2, 0.25) is 0 Å². The Kier molecular flexibility index (Phi) is 5.72. The SMILES string of the molecule is O=C(COc1ccc(Br)cc1)N1CCN(c2ccc([N+](=O)[O-])cc2)CC1. The van der Waals surface area contributed by atoms with Gasteiger partial charge in [-0.15, -0.1) is 0 Å². The summed E-state index contributed by atoms with van der Waals surface area (Å²) in [5.74, 6) is 0.613. The lowest BCUT2D eigenvalue weighted by Gasteiger charge is -2.36. The number of nitro benzene ring substituents is 1. The molecule has 0 spiro atoms. The Morgan fingerprint density at radius 1 is 1.04 bits per heavy atom. The van der Waals surface area contributed by atoms with Gasteiger partial charge in [0.2, 0.25) is 0 Å². The van der Waals surface area contributed by atoms with E-state index in [-0.39, 0.29) is 18.2 Å². The van der Waals surface area contributed by atoms with Crippen LogP contribution in [0.25, 0.3) is 0 Å². The molecule has 0 atom stereocenters. The summed E-state index contributed by atoms with van der Waals surface area (Å²) >= 11 is 3.36. The second-order valence-electron chi connectivity index (χ2n) is 5.88. The molecule has 0 bridgehead atoms. The molecule has 0 radical (unpaired) electrons. The van der Waals surface area contributed by atoms with E-state index in [4.69, 9.17) is 4.74 Å². The van der Waals surface area contributed by atoms with Gasteiger partial charge in [0.15, 0.2) is 6.61 Å². The Morgan fingerprint density at radius 3 is 2.23 bits per heavy atom. The molecule has 1 aliphatic rings. The zero-order valence-corrected chi connectivity index (χ0v) is 15.6. The molecule has 1 saturated heterocycles. The van der Waals surface area contributed by atoms with Crippen molar-refractivity contribution in [3.05, 3.63) is 63.1 Å². The molecule has 0 unspecified atom stereocenters. The summed E-state index contributed by atoms with van der Waals surface area (Å²) in [5, 5.41) is 10.7. The number of carbonyl (C=O) groups is 1. The first-order valence-electron chi connectivity index (χ1n) is 8.18. The van der Waals surface area contributed by atoms with Crippen LogP contribution in [0.5, 0.6) is 5.75 Å². The molecular weight excluding hydrogens is 402 g/mol. The van der Waals surface area contributed by atoms with E-state index >= 15 is 0 Å². The van der Waals surface area contributed by atoms with Crippen molar-refractivity contribution < 1.29 is 14.5 Å². The number of ether oxygens (including phenoxy) is 1. The van der Waals surface area contributed by atoms with Gasteiger partial charge in [-0.05, 0) is 36.4 Å². The van der Waals surface area contributed by atoms with Crippen molar-refractivity contribution in [3.63, 3.8) is 0 Å². The first-order valence-corrected chi connectivity index (χ1v) is 8.98. The zero-order valence-electron chi connectivity index (χ0n) is 14.0. The third-order valence-electron chi connectivity index (χ3n) is 4.23. The zero-order chi connectivity index (χ0) is 18.5. The monoisotopic (exact) mass is 419 g/mol. The summed E-state index contributed by atoms with van der Waals surface area (Å²) in [6.07, 6.45) is 0. The maximum Gasteiger partial charge on any atom is 0.269 e. The highest BCUT2D eigenvalue weighted by Crippen LogP contribution is 2.21. The number of amides is 1. The summed E-state index contributed by atoms with van der Waals surface area (Å²) in [6, 6.07) is 13.8. The van der Waals surface area contributed by atoms with Crippen molar-refractivity contribution in [1.82, 2.24) is 4.90 Å². The summed E-state index contributed by atoms with van der Waals surface area (Å²) in [4.78, 5) is 26.5. The summed E-state index contributed by atoms with van der Waals surface area (Å²) in [7, 11) is 0. The van der Waals surface area contributed by atoms with Crippen molar-refractivity contribution in [2.24, 2.45) is 0 Å². The van der Waals surface area contributed by atoms with Crippen LogP contribution in [0.4, 0.5) is 11.4 Å². The molecule has 1 aliphatic heterocycles. The van der Waals surface area contributed by atoms with Crippen LogP contribution in [0.1, 0.15) is 0 Å². The predicted molar refractivity (Wildman–Crippen MR) is 102 cm³/mol. The quantitative estimate of drug-likeness (QED) is 0.549.